The highest BCUT2D eigenvalue weighted by Gasteiger charge is 2.46. The monoisotopic (exact) mass is 277 g/mol. The lowest BCUT2D eigenvalue weighted by Crippen LogP contribution is -2.54. The molecule has 1 saturated heterocycles. The summed E-state index contributed by atoms with van der Waals surface area (Å²) < 4.78 is 5.91. The van der Waals surface area contributed by atoms with Crippen molar-refractivity contribution in [2.45, 2.75) is 82.1 Å². The van der Waals surface area contributed by atoms with E-state index < -0.39 is 0 Å². The molecule has 2 saturated carbocycles. The summed E-state index contributed by atoms with van der Waals surface area (Å²) in [5.74, 6) is 0. The average molecular weight is 277 g/mol. The van der Waals surface area contributed by atoms with Crippen LogP contribution < -0.4 is 5.32 Å². The number of hydrogen-bond acceptors (Lipinski definition) is 4. The molecular formula is C16H27N3O. The fraction of sp³-hybridized carbons (Fsp3) is 0.938. The maximum Gasteiger partial charge on any atom is 0.108 e. The Morgan fingerprint density at radius 1 is 1.35 bits per heavy atom. The number of fused-ring (bicyclic) bond motifs is 1. The summed E-state index contributed by atoms with van der Waals surface area (Å²) in [4.78, 5) is 2.67. The first-order valence-corrected chi connectivity index (χ1v) is 8.20. The minimum atomic E-state index is -0.300. The van der Waals surface area contributed by atoms with Gasteiger partial charge in [-0.25, -0.2) is 0 Å². The van der Waals surface area contributed by atoms with Crippen LogP contribution in [0.1, 0.15) is 52.4 Å². The first-order chi connectivity index (χ1) is 9.63. The van der Waals surface area contributed by atoms with Crippen molar-refractivity contribution >= 4 is 0 Å². The Morgan fingerprint density at radius 3 is 2.95 bits per heavy atom. The largest absolute Gasteiger partial charge is 0.375 e. The van der Waals surface area contributed by atoms with Gasteiger partial charge in [0.1, 0.15) is 5.54 Å². The summed E-state index contributed by atoms with van der Waals surface area (Å²) in [7, 11) is 0. The van der Waals surface area contributed by atoms with Gasteiger partial charge in [-0.3, -0.25) is 10.2 Å². The summed E-state index contributed by atoms with van der Waals surface area (Å²) in [6.45, 7) is 6.19. The second-order valence-electron chi connectivity index (χ2n) is 7.03. The van der Waals surface area contributed by atoms with Crippen LogP contribution in [0, 0.1) is 11.3 Å². The molecule has 4 atom stereocenters. The number of nitrogens with one attached hydrogen (secondary N) is 1. The number of morpholine rings is 1. The molecule has 0 bridgehead atoms. The third-order valence-electron chi connectivity index (χ3n) is 5.26. The molecule has 1 N–H and O–H groups in total. The van der Waals surface area contributed by atoms with E-state index in [2.05, 4.69) is 30.1 Å². The van der Waals surface area contributed by atoms with Crippen LogP contribution in [0.25, 0.3) is 0 Å². The predicted molar refractivity (Wildman–Crippen MR) is 78.3 cm³/mol. The van der Waals surface area contributed by atoms with Gasteiger partial charge in [-0.1, -0.05) is 0 Å². The molecule has 0 radical (unpaired) electrons. The van der Waals surface area contributed by atoms with Gasteiger partial charge in [0.25, 0.3) is 0 Å². The van der Waals surface area contributed by atoms with E-state index >= 15 is 0 Å². The Labute approximate surface area is 122 Å². The van der Waals surface area contributed by atoms with Crippen molar-refractivity contribution in [3.05, 3.63) is 0 Å². The van der Waals surface area contributed by atoms with Crippen LogP contribution in [0.5, 0.6) is 0 Å². The van der Waals surface area contributed by atoms with E-state index in [0.717, 1.165) is 32.4 Å². The zero-order valence-electron chi connectivity index (χ0n) is 12.8. The lowest BCUT2D eigenvalue weighted by Gasteiger charge is -2.41. The summed E-state index contributed by atoms with van der Waals surface area (Å²) in [6.07, 6.45) is 7.37. The Bertz CT molecular complexity index is 392. The molecule has 0 aromatic rings. The molecule has 1 aliphatic heterocycles. The quantitative estimate of drug-likeness (QED) is 0.858. The minimum absolute atomic E-state index is 0.300. The van der Waals surface area contributed by atoms with E-state index in [1.54, 1.807) is 0 Å². The molecule has 4 heteroatoms. The highest BCUT2D eigenvalue weighted by molar-refractivity contribution is 5.14. The van der Waals surface area contributed by atoms with Crippen LogP contribution in [0.15, 0.2) is 0 Å². The van der Waals surface area contributed by atoms with E-state index in [1.807, 2.05) is 0 Å². The smallest absolute Gasteiger partial charge is 0.108 e. The van der Waals surface area contributed by atoms with E-state index in [4.69, 9.17) is 4.74 Å². The molecule has 0 aromatic carbocycles. The lowest BCUT2D eigenvalue weighted by molar-refractivity contribution is -0.0713. The summed E-state index contributed by atoms with van der Waals surface area (Å²) in [5, 5.41) is 13.1. The number of rotatable bonds is 3. The number of nitriles is 1. The van der Waals surface area contributed by atoms with Crippen LogP contribution >= 0.6 is 0 Å². The van der Waals surface area contributed by atoms with Gasteiger partial charge in [0.15, 0.2) is 0 Å². The zero-order valence-corrected chi connectivity index (χ0v) is 12.8. The maximum atomic E-state index is 9.61. The van der Waals surface area contributed by atoms with Crippen LogP contribution in [-0.2, 0) is 4.74 Å². The van der Waals surface area contributed by atoms with Gasteiger partial charge in [-0.05, 0) is 52.4 Å². The molecule has 0 spiro atoms. The lowest BCUT2D eigenvalue weighted by atomic mass is 9.97. The Hall–Kier alpha value is -0.630. The zero-order chi connectivity index (χ0) is 14.2. The highest BCUT2D eigenvalue weighted by Crippen LogP contribution is 2.38. The highest BCUT2D eigenvalue weighted by atomic mass is 16.5. The third-order valence-corrected chi connectivity index (χ3v) is 5.26. The first kappa shape index (κ1) is 14.3. The van der Waals surface area contributed by atoms with Gasteiger partial charge in [-0.2, -0.15) is 5.26 Å². The van der Waals surface area contributed by atoms with Crippen LogP contribution in [0.2, 0.25) is 0 Å². The first-order valence-electron chi connectivity index (χ1n) is 8.20. The predicted octanol–water partition coefficient (Wildman–Crippen LogP) is 2.05. The number of ether oxygens (including phenoxy) is 1. The van der Waals surface area contributed by atoms with Gasteiger partial charge in [0.2, 0.25) is 0 Å². The minimum Gasteiger partial charge on any atom is -0.375 e. The van der Waals surface area contributed by atoms with Gasteiger partial charge < -0.3 is 4.74 Å². The van der Waals surface area contributed by atoms with E-state index in [-0.39, 0.29) is 5.54 Å². The van der Waals surface area contributed by atoms with Crippen molar-refractivity contribution in [1.29, 1.82) is 5.26 Å². The van der Waals surface area contributed by atoms with Crippen LogP contribution in [-0.4, -0.2) is 47.8 Å². The van der Waals surface area contributed by atoms with Crippen molar-refractivity contribution < 1.29 is 4.74 Å². The maximum absolute atomic E-state index is 9.61. The standard InChI is InChI=1S/C16H27N3O/c1-12(2)18-16(11-17)7-6-13(10-16)19-8-9-20-15-5-3-4-14(15)19/h12-15,18H,3-10H2,1-2H3. The van der Waals surface area contributed by atoms with Crippen molar-refractivity contribution in [2.75, 3.05) is 13.2 Å². The van der Waals surface area contributed by atoms with E-state index in [0.29, 0.717) is 24.2 Å². The third kappa shape index (κ3) is 2.59. The van der Waals surface area contributed by atoms with Crippen molar-refractivity contribution in [3.63, 3.8) is 0 Å². The molecule has 2 aliphatic carbocycles. The topological polar surface area (TPSA) is 48.3 Å². The molecule has 112 valence electrons. The summed E-state index contributed by atoms with van der Waals surface area (Å²) >= 11 is 0. The van der Waals surface area contributed by atoms with Gasteiger partial charge >= 0.3 is 0 Å². The SMILES string of the molecule is CC(C)NC1(C#N)CCC(N2CCOC3CCCC32)C1. The van der Waals surface area contributed by atoms with Crippen LogP contribution in [0.3, 0.4) is 0 Å². The molecule has 4 unspecified atom stereocenters. The molecule has 3 fully saturated rings. The fourth-order valence-electron chi connectivity index (χ4n) is 4.53. The Kier molecular flexibility index (Phi) is 4.03. The van der Waals surface area contributed by atoms with Gasteiger partial charge in [0, 0.05) is 24.7 Å². The van der Waals surface area contributed by atoms with Crippen molar-refractivity contribution in [3.8, 4) is 6.07 Å². The normalized spacial score (nSPS) is 41.8. The van der Waals surface area contributed by atoms with Gasteiger partial charge in [-0.15, -0.1) is 0 Å². The van der Waals surface area contributed by atoms with E-state index in [9.17, 15) is 5.26 Å². The summed E-state index contributed by atoms with van der Waals surface area (Å²) in [5.41, 5.74) is -0.300. The number of hydrogen-bond donors (Lipinski definition) is 1. The molecular weight excluding hydrogens is 250 g/mol. The molecule has 4 nitrogen and oxygen atoms in total. The molecule has 0 aromatic heterocycles. The Morgan fingerprint density at radius 2 is 2.20 bits per heavy atom. The van der Waals surface area contributed by atoms with Crippen LogP contribution in [0.4, 0.5) is 0 Å². The van der Waals surface area contributed by atoms with Crippen molar-refractivity contribution in [2.24, 2.45) is 0 Å². The molecule has 1 heterocycles. The molecule has 0 amide bonds. The van der Waals surface area contributed by atoms with Crippen molar-refractivity contribution in [1.82, 2.24) is 10.2 Å². The number of nitrogens with zero attached hydrogens (tertiary/aromatic N) is 2. The average Bonchev–Trinajstić information content (AvgIpc) is 3.04. The summed E-state index contributed by atoms with van der Waals surface area (Å²) in [6, 6.07) is 4.12. The van der Waals surface area contributed by atoms with Gasteiger partial charge in [0.05, 0.1) is 18.8 Å². The molecule has 20 heavy (non-hydrogen) atoms. The molecule has 3 aliphatic rings. The fourth-order valence-corrected chi connectivity index (χ4v) is 4.53. The van der Waals surface area contributed by atoms with E-state index in [1.165, 1.54) is 19.3 Å². The molecule has 3 rings (SSSR count). The second-order valence-corrected chi connectivity index (χ2v) is 7.03. The second kappa shape index (κ2) is 5.63. The Balaban J connectivity index is 1.68.